The zero-order valence-electron chi connectivity index (χ0n) is 6.05. The molecule has 1 N–H and O–H groups in total. The summed E-state index contributed by atoms with van der Waals surface area (Å²) in [6.07, 6.45) is 1.50. The summed E-state index contributed by atoms with van der Waals surface area (Å²) >= 11 is 1.76. The monoisotopic (exact) mass is 158 g/mol. The van der Waals surface area contributed by atoms with Gasteiger partial charge in [0, 0.05) is 10.6 Å². The number of hydrogen-bond acceptors (Lipinski definition) is 4. The van der Waals surface area contributed by atoms with Crippen LogP contribution in [0.2, 0.25) is 0 Å². The Labute approximate surface area is 64.3 Å². The lowest BCUT2D eigenvalue weighted by Crippen LogP contribution is -2.34. The van der Waals surface area contributed by atoms with Gasteiger partial charge in [-0.2, -0.15) is 4.99 Å². The van der Waals surface area contributed by atoms with Gasteiger partial charge in [-0.1, -0.05) is 0 Å². The van der Waals surface area contributed by atoms with Gasteiger partial charge in [-0.05, 0) is 13.8 Å². The zero-order valence-corrected chi connectivity index (χ0v) is 6.86. The lowest BCUT2D eigenvalue weighted by Gasteiger charge is -2.19. The van der Waals surface area contributed by atoms with Gasteiger partial charge in [-0.25, -0.2) is 4.79 Å². The quantitative estimate of drug-likeness (QED) is 0.451. The van der Waals surface area contributed by atoms with Crippen LogP contribution < -0.4 is 5.32 Å². The maximum Gasteiger partial charge on any atom is 0.236 e. The summed E-state index contributed by atoms with van der Waals surface area (Å²) in [5.41, 5.74) is 0. The Hall–Kier alpha value is -0.310. The number of carbonyl (C=O) groups excluding carboxylic acids is 1. The van der Waals surface area contributed by atoms with E-state index in [1.165, 1.54) is 0 Å². The molecule has 0 aromatic rings. The highest BCUT2D eigenvalue weighted by atomic mass is 32.2. The predicted octanol–water partition coefficient (Wildman–Crippen LogP) is 0.721. The van der Waals surface area contributed by atoms with E-state index in [1.54, 1.807) is 17.8 Å². The number of isocyanates is 1. The third kappa shape index (κ3) is 1.40. The highest BCUT2D eigenvalue weighted by Crippen LogP contribution is 2.32. The van der Waals surface area contributed by atoms with Crippen LogP contribution in [0, 0.1) is 0 Å². The normalized spacial score (nSPS) is 29.6. The molecular weight excluding hydrogens is 148 g/mol. The molecular formula is C6H10N2OS. The Morgan fingerprint density at radius 2 is 2.50 bits per heavy atom. The van der Waals surface area contributed by atoms with E-state index in [4.69, 9.17) is 0 Å². The number of nitrogens with one attached hydrogen (secondary N) is 1. The second-order valence-electron chi connectivity index (χ2n) is 2.72. The van der Waals surface area contributed by atoms with Crippen molar-refractivity contribution in [2.24, 2.45) is 4.99 Å². The molecule has 0 amide bonds. The SMILES string of the molecule is CC1(C)SCNC1N=C=O. The van der Waals surface area contributed by atoms with E-state index in [2.05, 4.69) is 24.2 Å². The summed E-state index contributed by atoms with van der Waals surface area (Å²) in [7, 11) is 0. The minimum Gasteiger partial charge on any atom is -0.285 e. The van der Waals surface area contributed by atoms with Crippen LogP contribution in [0.4, 0.5) is 0 Å². The summed E-state index contributed by atoms with van der Waals surface area (Å²) in [6.45, 7) is 4.12. The third-order valence-corrected chi connectivity index (χ3v) is 2.84. The average molecular weight is 158 g/mol. The van der Waals surface area contributed by atoms with E-state index in [0.717, 1.165) is 5.88 Å². The van der Waals surface area contributed by atoms with Crippen molar-refractivity contribution in [1.82, 2.24) is 5.32 Å². The van der Waals surface area contributed by atoms with Crippen LogP contribution in [0.5, 0.6) is 0 Å². The van der Waals surface area contributed by atoms with Gasteiger partial charge in [-0.15, -0.1) is 11.8 Å². The van der Waals surface area contributed by atoms with Crippen molar-refractivity contribution in [2.75, 3.05) is 5.88 Å². The molecule has 1 aliphatic heterocycles. The third-order valence-electron chi connectivity index (χ3n) is 1.56. The van der Waals surface area contributed by atoms with E-state index >= 15 is 0 Å². The lowest BCUT2D eigenvalue weighted by atomic mass is 10.1. The maximum atomic E-state index is 9.91. The number of aliphatic imine (C=N–C) groups is 1. The highest BCUT2D eigenvalue weighted by Gasteiger charge is 2.34. The fourth-order valence-corrected chi connectivity index (χ4v) is 1.79. The molecule has 1 saturated heterocycles. The molecule has 4 heteroatoms. The molecule has 0 radical (unpaired) electrons. The number of thioether (sulfide) groups is 1. The number of nitrogens with zero attached hydrogens (tertiary/aromatic N) is 1. The standard InChI is InChI=1S/C6H10N2OS/c1-6(2)5(7-3-9)8-4-10-6/h5,8H,4H2,1-2H3. The van der Waals surface area contributed by atoms with Crippen molar-refractivity contribution in [3.8, 4) is 0 Å². The largest absolute Gasteiger partial charge is 0.285 e. The molecule has 1 fully saturated rings. The van der Waals surface area contributed by atoms with Crippen LogP contribution >= 0.6 is 11.8 Å². The number of rotatable bonds is 1. The van der Waals surface area contributed by atoms with E-state index in [1.807, 2.05) is 0 Å². The summed E-state index contributed by atoms with van der Waals surface area (Å²) in [4.78, 5) is 13.5. The minimum atomic E-state index is -0.0602. The molecule has 0 aromatic heterocycles. The molecule has 1 rings (SSSR count). The fourth-order valence-electron chi connectivity index (χ4n) is 0.885. The minimum absolute atomic E-state index is 0.0391. The van der Waals surface area contributed by atoms with Gasteiger partial charge in [0.15, 0.2) is 0 Å². The van der Waals surface area contributed by atoms with Crippen molar-refractivity contribution in [3.63, 3.8) is 0 Å². The molecule has 10 heavy (non-hydrogen) atoms. The highest BCUT2D eigenvalue weighted by molar-refractivity contribution is 8.00. The molecule has 0 bridgehead atoms. The van der Waals surface area contributed by atoms with Crippen molar-refractivity contribution in [2.45, 2.75) is 24.8 Å². The van der Waals surface area contributed by atoms with E-state index in [0.29, 0.717) is 0 Å². The van der Waals surface area contributed by atoms with Gasteiger partial charge < -0.3 is 0 Å². The molecule has 1 aliphatic rings. The van der Waals surface area contributed by atoms with Crippen LogP contribution in [-0.4, -0.2) is 22.9 Å². The van der Waals surface area contributed by atoms with Crippen LogP contribution in [0.15, 0.2) is 4.99 Å². The van der Waals surface area contributed by atoms with Crippen LogP contribution in [0.25, 0.3) is 0 Å². The second kappa shape index (κ2) is 2.74. The first-order valence-electron chi connectivity index (χ1n) is 3.11. The number of hydrogen-bond donors (Lipinski definition) is 1. The van der Waals surface area contributed by atoms with E-state index < -0.39 is 0 Å². The Morgan fingerprint density at radius 1 is 1.80 bits per heavy atom. The Morgan fingerprint density at radius 3 is 2.90 bits per heavy atom. The molecule has 1 heterocycles. The molecule has 0 aliphatic carbocycles. The van der Waals surface area contributed by atoms with Crippen LogP contribution in [-0.2, 0) is 4.79 Å². The van der Waals surface area contributed by atoms with Crippen molar-refractivity contribution in [1.29, 1.82) is 0 Å². The Bertz CT molecular complexity index is 175. The first-order chi connectivity index (χ1) is 4.67. The molecule has 0 saturated carbocycles. The first-order valence-corrected chi connectivity index (χ1v) is 4.10. The van der Waals surface area contributed by atoms with Gasteiger partial charge in [0.2, 0.25) is 6.08 Å². The van der Waals surface area contributed by atoms with Gasteiger partial charge in [0.1, 0.15) is 6.17 Å². The zero-order chi connectivity index (χ0) is 7.61. The average Bonchev–Trinajstić information content (AvgIpc) is 2.13. The summed E-state index contributed by atoms with van der Waals surface area (Å²) in [5, 5.41) is 3.08. The van der Waals surface area contributed by atoms with Gasteiger partial charge in [-0.3, -0.25) is 5.32 Å². The smallest absolute Gasteiger partial charge is 0.236 e. The van der Waals surface area contributed by atoms with Crippen molar-refractivity contribution >= 4 is 17.8 Å². The van der Waals surface area contributed by atoms with Crippen molar-refractivity contribution < 1.29 is 4.79 Å². The topological polar surface area (TPSA) is 41.5 Å². The fraction of sp³-hybridized carbons (Fsp3) is 0.833. The Kier molecular flexibility index (Phi) is 2.14. The van der Waals surface area contributed by atoms with Gasteiger partial charge >= 0.3 is 0 Å². The lowest BCUT2D eigenvalue weighted by molar-refractivity contribution is 0.492. The molecule has 1 atom stereocenters. The van der Waals surface area contributed by atoms with Crippen LogP contribution in [0.3, 0.4) is 0 Å². The van der Waals surface area contributed by atoms with Gasteiger partial charge in [0.25, 0.3) is 0 Å². The van der Waals surface area contributed by atoms with E-state index in [-0.39, 0.29) is 10.9 Å². The molecule has 3 nitrogen and oxygen atoms in total. The van der Waals surface area contributed by atoms with Crippen LogP contribution in [0.1, 0.15) is 13.8 Å². The summed E-state index contributed by atoms with van der Waals surface area (Å²) in [6, 6.07) is 0. The Balaban J connectivity index is 2.68. The molecule has 0 spiro atoms. The van der Waals surface area contributed by atoms with E-state index in [9.17, 15) is 4.79 Å². The second-order valence-corrected chi connectivity index (χ2v) is 4.35. The maximum absolute atomic E-state index is 9.91. The molecule has 0 aromatic carbocycles. The van der Waals surface area contributed by atoms with Gasteiger partial charge in [0.05, 0.1) is 0 Å². The summed E-state index contributed by atoms with van der Waals surface area (Å²) in [5.74, 6) is 0.864. The van der Waals surface area contributed by atoms with Crippen molar-refractivity contribution in [3.05, 3.63) is 0 Å². The molecule has 56 valence electrons. The molecule has 1 unspecified atom stereocenters. The first kappa shape index (κ1) is 7.79. The predicted molar refractivity (Wildman–Crippen MR) is 41.6 cm³/mol. The summed E-state index contributed by atoms with van der Waals surface area (Å²) < 4.78 is 0.0391.